The molecule has 0 radical (unpaired) electrons. The van der Waals surface area contributed by atoms with Crippen molar-refractivity contribution < 1.29 is 22.1 Å². The molecule has 8 heteroatoms. The van der Waals surface area contributed by atoms with Crippen molar-refractivity contribution in [3.8, 4) is 0 Å². The molecule has 0 aliphatic heterocycles. The summed E-state index contributed by atoms with van der Waals surface area (Å²) in [4.78, 5) is 4.09. The van der Waals surface area contributed by atoms with Crippen LogP contribution in [0.3, 0.4) is 0 Å². The van der Waals surface area contributed by atoms with Gasteiger partial charge in [-0.25, -0.2) is 4.39 Å². The zero-order valence-electron chi connectivity index (χ0n) is 10.7. The van der Waals surface area contributed by atoms with Gasteiger partial charge in [0.2, 0.25) is 5.89 Å². The molecule has 0 saturated heterocycles. The van der Waals surface area contributed by atoms with Gasteiger partial charge in [0, 0.05) is 5.92 Å². The number of aromatic nitrogens is 2. The van der Waals surface area contributed by atoms with Gasteiger partial charge in [0.15, 0.2) is 5.82 Å². The van der Waals surface area contributed by atoms with Crippen molar-refractivity contribution >= 4 is 0 Å². The highest BCUT2D eigenvalue weighted by atomic mass is 19.4. The quantitative estimate of drug-likeness (QED) is 0.884. The van der Waals surface area contributed by atoms with Crippen LogP contribution in [0.5, 0.6) is 0 Å². The monoisotopic (exact) mass is 301 g/mol. The van der Waals surface area contributed by atoms with Crippen LogP contribution >= 0.6 is 0 Å². The van der Waals surface area contributed by atoms with Gasteiger partial charge in [0.05, 0.1) is 11.6 Å². The van der Waals surface area contributed by atoms with E-state index in [9.17, 15) is 17.6 Å². The fourth-order valence-corrected chi connectivity index (χ4v) is 1.97. The third-order valence-corrected chi connectivity index (χ3v) is 3.32. The first-order valence-corrected chi connectivity index (χ1v) is 6.32. The predicted molar refractivity (Wildman–Crippen MR) is 63.7 cm³/mol. The molecule has 0 bridgehead atoms. The lowest BCUT2D eigenvalue weighted by Crippen LogP contribution is -2.16. The highest BCUT2D eigenvalue weighted by Crippen LogP contribution is 2.39. The molecule has 112 valence electrons. The summed E-state index contributed by atoms with van der Waals surface area (Å²) in [5.41, 5.74) is 4.55. The van der Waals surface area contributed by atoms with E-state index in [4.69, 9.17) is 10.3 Å². The van der Waals surface area contributed by atoms with Gasteiger partial charge < -0.3 is 10.3 Å². The van der Waals surface area contributed by atoms with Gasteiger partial charge in [-0.15, -0.1) is 0 Å². The van der Waals surface area contributed by atoms with Crippen LogP contribution in [0.15, 0.2) is 22.7 Å². The first kappa shape index (κ1) is 14.0. The van der Waals surface area contributed by atoms with Gasteiger partial charge in [-0.05, 0) is 30.5 Å². The number of nitrogens with zero attached hydrogens (tertiary/aromatic N) is 2. The maximum absolute atomic E-state index is 13.2. The number of alkyl halides is 3. The molecule has 1 aliphatic rings. The van der Waals surface area contributed by atoms with E-state index in [1.165, 1.54) is 6.07 Å². The molecule has 1 aliphatic carbocycles. The molecule has 1 unspecified atom stereocenters. The number of hydrogen-bond donors (Lipinski definition) is 1. The molecule has 0 amide bonds. The normalized spacial score (nSPS) is 17.0. The Labute approximate surface area is 116 Å². The van der Waals surface area contributed by atoms with E-state index in [0.717, 1.165) is 18.9 Å². The van der Waals surface area contributed by atoms with Crippen LogP contribution < -0.4 is 5.73 Å². The summed E-state index contributed by atoms with van der Waals surface area (Å²) in [7, 11) is 0. The molecule has 1 atom stereocenters. The Bertz CT molecular complexity index is 664. The Morgan fingerprint density at radius 3 is 2.62 bits per heavy atom. The van der Waals surface area contributed by atoms with Crippen LogP contribution in [0.25, 0.3) is 0 Å². The fourth-order valence-electron chi connectivity index (χ4n) is 1.97. The van der Waals surface area contributed by atoms with E-state index in [-0.39, 0.29) is 17.3 Å². The van der Waals surface area contributed by atoms with Crippen molar-refractivity contribution in [1.29, 1.82) is 0 Å². The Hall–Kier alpha value is -1.96. The van der Waals surface area contributed by atoms with Crippen molar-refractivity contribution in [2.24, 2.45) is 5.73 Å². The summed E-state index contributed by atoms with van der Waals surface area (Å²) in [6, 6.07) is 1.60. The molecule has 2 N–H and O–H groups in total. The second-order valence-corrected chi connectivity index (χ2v) is 4.98. The van der Waals surface area contributed by atoms with Gasteiger partial charge in [-0.2, -0.15) is 18.2 Å². The summed E-state index contributed by atoms with van der Waals surface area (Å²) in [5, 5.41) is 3.68. The molecule has 1 aromatic heterocycles. The molecule has 4 nitrogen and oxygen atoms in total. The molecule has 3 rings (SSSR count). The lowest BCUT2D eigenvalue weighted by molar-refractivity contribution is -0.140. The van der Waals surface area contributed by atoms with Crippen LogP contribution in [0, 0.1) is 5.82 Å². The molecule has 1 saturated carbocycles. The number of halogens is 4. The smallest absolute Gasteiger partial charge is 0.339 e. The fraction of sp³-hybridized carbons (Fsp3) is 0.385. The van der Waals surface area contributed by atoms with Crippen molar-refractivity contribution in [3.05, 3.63) is 46.9 Å². The van der Waals surface area contributed by atoms with E-state index >= 15 is 0 Å². The van der Waals surface area contributed by atoms with E-state index in [2.05, 4.69) is 10.1 Å². The highest BCUT2D eigenvalue weighted by molar-refractivity contribution is 5.32. The summed E-state index contributed by atoms with van der Waals surface area (Å²) >= 11 is 0. The summed E-state index contributed by atoms with van der Waals surface area (Å²) < 4.78 is 56.3. The number of nitrogens with two attached hydrogens (primary N) is 1. The first-order chi connectivity index (χ1) is 9.86. The lowest BCUT2D eigenvalue weighted by Gasteiger charge is -2.12. The van der Waals surface area contributed by atoms with Crippen LogP contribution in [0.1, 0.15) is 47.6 Å². The van der Waals surface area contributed by atoms with Crippen LogP contribution in [-0.4, -0.2) is 10.1 Å². The van der Waals surface area contributed by atoms with Gasteiger partial charge in [0.1, 0.15) is 5.82 Å². The maximum Gasteiger partial charge on any atom is 0.419 e. The van der Waals surface area contributed by atoms with Crippen molar-refractivity contribution in [2.75, 3.05) is 0 Å². The zero-order valence-corrected chi connectivity index (χ0v) is 10.7. The van der Waals surface area contributed by atoms with E-state index in [0.29, 0.717) is 12.0 Å². The SMILES string of the molecule is NC(c1ccc(F)c(C(F)(F)F)c1)c1noc(C2CC2)n1. The van der Waals surface area contributed by atoms with Gasteiger partial charge in [-0.1, -0.05) is 11.2 Å². The third kappa shape index (κ3) is 2.76. The lowest BCUT2D eigenvalue weighted by atomic mass is 10.0. The average molecular weight is 301 g/mol. The molecule has 2 aromatic rings. The molecular formula is C13H11F4N3O. The molecule has 1 heterocycles. The summed E-state index contributed by atoms with van der Waals surface area (Å²) in [6.07, 6.45) is -2.88. The van der Waals surface area contributed by atoms with E-state index in [1.54, 1.807) is 0 Å². The Balaban J connectivity index is 1.91. The highest BCUT2D eigenvalue weighted by Gasteiger charge is 2.35. The largest absolute Gasteiger partial charge is 0.419 e. The summed E-state index contributed by atoms with van der Waals surface area (Å²) in [5.74, 6) is -0.585. The standard InChI is InChI=1S/C13H11F4N3O/c14-9-4-3-7(5-8(9)13(15,16)17)10(18)11-19-12(21-20-11)6-1-2-6/h3-6,10H,1-2,18H2. The minimum atomic E-state index is -4.78. The van der Waals surface area contributed by atoms with Gasteiger partial charge in [0.25, 0.3) is 0 Å². The molecular weight excluding hydrogens is 290 g/mol. The van der Waals surface area contributed by atoms with Crippen molar-refractivity contribution in [2.45, 2.75) is 31.0 Å². The summed E-state index contributed by atoms with van der Waals surface area (Å²) in [6.45, 7) is 0. The zero-order chi connectivity index (χ0) is 15.2. The van der Waals surface area contributed by atoms with Crippen LogP contribution in [-0.2, 0) is 6.18 Å². The van der Waals surface area contributed by atoms with Crippen LogP contribution in [0.2, 0.25) is 0 Å². The topological polar surface area (TPSA) is 64.9 Å². The molecule has 0 spiro atoms. The Morgan fingerprint density at radius 2 is 2.00 bits per heavy atom. The minimum absolute atomic E-state index is 0.0758. The Kier molecular flexibility index (Phi) is 3.20. The van der Waals surface area contributed by atoms with Crippen molar-refractivity contribution in [3.63, 3.8) is 0 Å². The van der Waals surface area contributed by atoms with Crippen LogP contribution in [0.4, 0.5) is 17.6 Å². The number of benzene rings is 1. The third-order valence-electron chi connectivity index (χ3n) is 3.32. The number of hydrogen-bond acceptors (Lipinski definition) is 4. The molecule has 21 heavy (non-hydrogen) atoms. The van der Waals surface area contributed by atoms with E-state index in [1.807, 2.05) is 0 Å². The average Bonchev–Trinajstić information content (AvgIpc) is 3.15. The van der Waals surface area contributed by atoms with Gasteiger partial charge >= 0.3 is 6.18 Å². The Morgan fingerprint density at radius 1 is 1.29 bits per heavy atom. The minimum Gasteiger partial charge on any atom is -0.339 e. The van der Waals surface area contributed by atoms with Crippen molar-refractivity contribution in [1.82, 2.24) is 10.1 Å². The molecule has 1 fully saturated rings. The predicted octanol–water partition coefficient (Wildman–Crippen LogP) is 3.15. The second kappa shape index (κ2) is 4.80. The van der Waals surface area contributed by atoms with Gasteiger partial charge in [-0.3, -0.25) is 0 Å². The maximum atomic E-state index is 13.2. The second-order valence-electron chi connectivity index (χ2n) is 4.98. The number of rotatable bonds is 3. The molecule has 1 aromatic carbocycles. The van der Waals surface area contributed by atoms with E-state index < -0.39 is 23.6 Å². The first-order valence-electron chi connectivity index (χ1n) is 6.32.